The minimum Gasteiger partial charge on any atom is -0.541 e. The van der Waals surface area contributed by atoms with Gasteiger partial charge in [0, 0.05) is 4.47 Å². The monoisotopic (exact) mass is 444 g/mol. The Morgan fingerprint density at radius 3 is 1.72 bits per heavy atom. The van der Waals surface area contributed by atoms with Crippen molar-refractivity contribution in [2.24, 2.45) is 0 Å². The van der Waals surface area contributed by atoms with Gasteiger partial charge in [0.1, 0.15) is 5.75 Å². The lowest BCUT2D eigenvalue weighted by molar-refractivity contribution is 0.112. The molecule has 0 fully saturated rings. The van der Waals surface area contributed by atoms with Gasteiger partial charge in [0.05, 0.1) is 5.56 Å². The molecule has 0 aliphatic heterocycles. The third kappa shape index (κ3) is 5.20. The predicted octanol–water partition coefficient (Wildman–Crippen LogP) is 7.03. The number of carbonyl (C=O) groups excluding carboxylic acids is 1. The van der Waals surface area contributed by atoms with Crippen LogP contribution in [-0.2, 0) is 0 Å². The molecule has 0 unspecified atom stereocenters. The van der Waals surface area contributed by atoms with Gasteiger partial charge in [-0.1, -0.05) is 57.5 Å². The first-order chi connectivity index (χ1) is 11.0. The highest BCUT2D eigenvalue weighted by atomic mass is 79.9. The second-order valence-corrected chi connectivity index (χ2v) is 20.0. The van der Waals surface area contributed by atoms with Crippen molar-refractivity contribution in [2.75, 3.05) is 0 Å². The Kier molecular flexibility index (Phi) is 6.46. The van der Waals surface area contributed by atoms with Gasteiger partial charge >= 0.3 is 0 Å². The van der Waals surface area contributed by atoms with E-state index in [9.17, 15) is 4.79 Å². The molecule has 0 amide bonds. The fourth-order valence-electron chi connectivity index (χ4n) is 1.70. The Labute approximate surface area is 163 Å². The van der Waals surface area contributed by atoms with Crippen molar-refractivity contribution >= 4 is 38.9 Å². The molecule has 142 valence electrons. The number of rotatable bonds is 5. The first-order valence-corrected chi connectivity index (χ1v) is 15.3. The van der Waals surface area contributed by atoms with E-state index in [1.165, 1.54) is 0 Å². The summed E-state index contributed by atoms with van der Waals surface area (Å²) in [5.41, 5.74) is 0.535. The molecule has 0 atom stereocenters. The number of hydrogen-bond acceptors (Lipinski definition) is 3. The Bertz CT molecular complexity index is 641. The standard InChI is InChI=1S/C19H33BrO3Si2/c1-18(2,3)24(7,8)22-16-12-15(20)11-14(13-21)17(16)23-25(9,10)19(4,5)6/h11-13H,1-10H3. The maximum Gasteiger partial charge on any atom is 0.250 e. The van der Waals surface area contributed by atoms with Crippen LogP contribution in [0.15, 0.2) is 16.6 Å². The highest BCUT2D eigenvalue weighted by Crippen LogP contribution is 2.45. The third-order valence-corrected chi connectivity index (χ3v) is 14.6. The Morgan fingerprint density at radius 1 is 0.880 bits per heavy atom. The fourth-order valence-corrected chi connectivity index (χ4v) is 4.19. The summed E-state index contributed by atoms with van der Waals surface area (Å²) < 4.78 is 13.9. The van der Waals surface area contributed by atoms with E-state index in [0.717, 1.165) is 10.8 Å². The zero-order valence-electron chi connectivity index (χ0n) is 17.3. The van der Waals surface area contributed by atoms with Crippen LogP contribution in [0.2, 0.25) is 36.3 Å². The van der Waals surface area contributed by atoms with Crippen LogP contribution in [0.4, 0.5) is 0 Å². The highest BCUT2D eigenvalue weighted by molar-refractivity contribution is 9.10. The minimum absolute atomic E-state index is 0.0362. The van der Waals surface area contributed by atoms with Gasteiger partial charge in [-0.3, -0.25) is 4.79 Å². The number of carbonyl (C=O) groups is 1. The lowest BCUT2D eigenvalue weighted by atomic mass is 10.2. The van der Waals surface area contributed by atoms with Crippen molar-refractivity contribution in [1.82, 2.24) is 0 Å². The predicted molar refractivity (Wildman–Crippen MR) is 115 cm³/mol. The minimum atomic E-state index is -2.10. The van der Waals surface area contributed by atoms with E-state index in [1.807, 2.05) is 6.07 Å². The van der Waals surface area contributed by atoms with Gasteiger partial charge in [-0.2, -0.15) is 0 Å². The van der Waals surface area contributed by atoms with Crippen molar-refractivity contribution in [3.63, 3.8) is 0 Å². The molecule has 0 saturated heterocycles. The van der Waals surface area contributed by atoms with Crippen LogP contribution in [0.5, 0.6) is 11.5 Å². The number of aldehydes is 1. The van der Waals surface area contributed by atoms with Gasteiger partial charge in [-0.05, 0) is 48.4 Å². The molecule has 6 heteroatoms. The van der Waals surface area contributed by atoms with Crippen LogP contribution in [0, 0.1) is 0 Å². The largest absolute Gasteiger partial charge is 0.541 e. The number of halogens is 1. The van der Waals surface area contributed by atoms with Crippen molar-refractivity contribution in [2.45, 2.75) is 77.8 Å². The average Bonchev–Trinajstić information content (AvgIpc) is 2.38. The van der Waals surface area contributed by atoms with E-state index in [0.29, 0.717) is 17.1 Å². The molecule has 0 heterocycles. The zero-order chi connectivity index (χ0) is 19.8. The van der Waals surface area contributed by atoms with E-state index < -0.39 is 16.6 Å². The van der Waals surface area contributed by atoms with E-state index in [1.54, 1.807) is 6.07 Å². The summed E-state index contributed by atoms with van der Waals surface area (Å²) >= 11 is 3.50. The van der Waals surface area contributed by atoms with Crippen LogP contribution in [0.3, 0.4) is 0 Å². The summed E-state index contributed by atoms with van der Waals surface area (Å²) in [6.45, 7) is 21.9. The van der Waals surface area contributed by atoms with Gasteiger partial charge < -0.3 is 8.85 Å². The summed E-state index contributed by atoms with van der Waals surface area (Å²) in [7, 11) is -4.16. The third-order valence-electron chi connectivity index (χ3n) is 5.51. The Morgan fingerprint density at radius 2 is 1.32 bits per heavy atom. The van der Waals surface area contributed by atoms with Crippen LogP contribution >= 0.6 is 15.9 Å². The van der Waals surface area contributed by atoms with Crippen molar-refractivity contribution < 1.29 is 13.6 Å². The highest BCUT2D eigenvalue weighted by Gasteiger charge is 2.42. The molecule has 3 nitrogen and oxygen atoms in total. The number of hydrogen-bond donors (Lipinski definition) is 0. The van der Waals surface area contributed by atoms with Gasteiger partial charge in [0.15, 0.2) is 12.0 Å². The van der Waals surface area contributed by atoms with Crippen molar-refractivity contribution in [3.8, 4) is 11.5 Å². The second kappa shape index (κ2) is 7.20. The van der Waals surface area contributed by atoms with Gasteiger partial charge in [-0.15, -0.1) is 0 Å². The van der Waals surface area contributed by atoms with Gasteiger partial charge in [0.25, 0.3) is 16.6 Å². The first kappa shape index (κ1) is 22.4. The Hall–Kier alpha value is -0.596. The summed E-state index contributed by atoms with van der Waals surface area (Å²) in [5.74, 6) is 1.27. The molecule has 0 spiro atoms. The second-order valence-electron chi connectivity index (χ2n) is 9.66. The first-order valence-electron chi connectivity index (χ1n) is 8.68. The molecule has 0 radical (unpaired) electrons. The summed E-state index contributed by atoms with van der Waals surface area (Å²) in [6, 6.07) is 3.73. The Balaban J connectivity index is 3.48. The van der Waals surface area contributed by atoms with E-state index in [-0.39, 0.29) is 10.1 Å². The average molecular weight is 446 g/mol. The molecule has 0 aliphatic rings. The number of benzene rings is 1. The smallest absolute Gasteiger partial charge is 0.250 e. The molecule has 25 heavy (non-hydrogen) atoms. The van der Waals surface area contributed by atoms with Crippen LogP contribution < -0.4 is 8.85 Å². The quantitative estimate of drug-likeness (QED) is 0.361. The lowest BCUT2D eigenvalue weighted by Gasteiger charge is -2.40. The molecular formula is C19H33BrO3Si2. The van der Waals surface area contributed by atoms with E-state index in [2.05, 4.69) is 83.7 Å². The topological polar surface area (TPSA) is 35.5 Å². The lowest BCUT2D eigenvalue weighted by Crippen LogP contribution is -2.46. The normalized spacial score (nSPS) is 13.6. The molecule has 0 N–H and O–H groups in total. The molecule has 0 saturated carbocycles. The molecule has 1 aromatic carbocycles. The van der Waals surface area contributed by atoms with Crippen molar-refractivity contribution in [3.05, 3.63) is 22.2 Å². The SMILES string of the molecule is CC(C)(C)[Si](C)(C)Oc1cc(Br)cc(C=O)c1O[Si](C)(C)C(C)(C)C. The van der Waals surface area contributed by atoms with Crippen LogP contribution in [0.1, 0.15) is 51.9 Å². The zero-order valence-corrected chi connectivity index (χ0v) is 20.9. The summed E-state index contributed by atoms with van der Waals surface area (Å²) in [6.07, 6.45) is 0.853. The van der Waals surface area contributed by atoms with Crippen LogP contribution in [-0.4, -0.2) is 22.9 Å². The summed E-state index contributed by atoms with van der Waals surface area (Å²) in [4.78, 5) is 11.7. The molecular weight excluding hydrogens is 412 g/mol. The summed E-state index contributed by atoms with van der Waals surface area (Å²) in [5, 5.41) is 0.0966. The van der Waals surface area contributed by atoms with Crippen molar-refractivity contribution in [1.29, 1.82) is 0 Å². The maximum absolute atomic E-state index is 11.7. The molecule has 1 rings (SSSR count). The van der Waals surface area contributed by atoms with E-state index >= 15 is 0 Å². The van der Waals surface area contributed by atoms with E-state index in [4.69, 9.17) is 8.85 Å². The molecule has 0 aromatic heterocycles. The van der Waals surface area contributed by atoms with Crippen LogP contribution in [0.25, 0.3) is 0 Å². The molecule has 0 bridgehead atoms. The van der Waals surface area contributed by atoms with Gasteiger partial charge in [0.2, 0.25) is 0 Å². The van der Waals surface area contributed by atoms with Gasteiger partial charge in [-0.25, -0.2) is 0 Å². The maximum atomic E-state index is 11.7. The fraction of sp³-hybridized carbons (Fsp3) is 0.632. The molecule has 0 aliphatic carbocycles. The molecule has 1 aromatic rings.